The number of aromatic amines is 1. The van der Waals surface area contributed by atoms with E-state index in [1.54, 1.807) is 19.0 Å². The van der Waals surface area contributed by atoms with E-state index in [1.165, 1.54) is 0 Å². The number of nitrogens with one attached hydrogen (secondary N) is 1. The van der Waals surface area contributed by atoms with Gasteiger partial charge in [0, 0.05) is 19.7 Å². The highest BCUT2D eigenvalue weighted by Gasteiger charge is 2.19. The molecule has 5 nitrogen and oxygen atoms in total. The third kappa shape index (κ3) is 2.38. The lowest BCUT2D eigenvalue weighted by Crippen LogP contribution is -2.28. The molecule has 0 spiro atoms. The summed E-state index contributed by atoms with van der Waals surface area (Å²) in [5, 5.41) is 6.52. The van der Waals surface area contributed by atoms with Gasteiger partial charge in [0.15, 0.2) is 0 Å². The Labute approximate surface area is 99.8 Å². The summed E-state index contributed by atoms with van der Waals surface area (Å²) < 4.78 is 0. The fourth-order valence-electron chi connectivity index (χ4n) is 2.18. The van der Waals surface area contributed by atoms with Gasteiger partial charge in [0.25, 0.3) is 5.56 Å². The predicted molar refractivity (Wildman–Crippen MR) is 63.9 cm³/mol. The molecule has 0 bridgehead atoms. The second kappa shape index (κ2) is 4.69. The molecule has 1 N–H and O–H groups in total. The Bertz CT molecular complexity index is 491. The number of amides is 1. The third-order valence-corrected chi connectivity index (χ3v) is 3.20. The van der Waals surface area contributed by atoms with Crippen LogP contribution in [-0.4, -0.2) is 35.1 Å². The molecule has 1 aromatic heterocycles. The zero-order chi connectivity index (χ0) is 12.4. The van der Waals surface area contributed by atoms with E-state index in [0.717, 1.165) is 42.5 Å². The second-order valence-corrected chi connectivity index (χ2v) is 4.63. The van der Waals surface area contributed by atoms with Crippen LogP contribution in [0, 0.1) is 0 Å². The smallest absolute Gasteiger partial charge is 0.267 e. The van der Waals surface area contributed by atoms with E-state index >= 15 is 0 Å². The molecule has 0 unspecified atom stereocenters. The summed E-state index contributed by atoms with van der Waals surface area (Å²) in [4.78, 5) is 24.8. The van der Waals surface area contributed by atoms with E-state index < -0.39 is 0 Å². The minimum atomic E-state index is -0.0965. The first kappa shape index (κ1) is 11.8. The highest BCUT2D eigenvalue weighted by atomic mass is 16.2. The van der Waals surface area contributed by atoms with Crippen LogP contribution in [-0.2, 0) is 24.1 Å². The number of H-pyrrole nitrogens is 1. The maximum Gasteiger partial charge on any atom is 0.267 e. The Kier molecular flexibility index (Phi) is 3.26. The molecule has 1 aliphatic rings. The number of rotatable bonds is 2. The topological polar surface area (TPSA) is 66.1 Å². The third-order valence-electron chi connectivity index (χ3n) is 3.20. The van der Waals surface area contributed by atoms with Crippen LogP contribution >= 0.6 is 0 Å². The zero-order valence-electron chi connectivity index (χ0n) is 10.2. The Hall–Kier alpha value is -1.65. The van der Waals surface area contributed by atoms with Gasteiger partial charge in [-0.1, -0.05) is 0 Å². The number of aromatic nitrogens is 2. The summed E-state index contributed by atoms with van der Waals surface area (Å²) in [6.07, 6.45) is 4.05. The van der Waals surface area contributed by atoms with Crippen molar-refractivity contribution in [2.45, 2.75) is 32.1 Å². The van der Waals surface area contributed by atoms with Crippen molar-refractivity contribution in [1.82, 2.24) is 15.1 Å². The van der Waals surface area contributed by atoms with Gasteiger partial charge in [-0.3, -0.25) is 9.59 Å². The fraction of sp³-hybridized carbons (Fsp3) is 0.583. The first-order chi connectivity index (χ1) is 8.09. The van der Waals surface area contributed by atoms with Crippen molar-refractivity contribution in [3.05, 3.63) is 27.2 Å². The van der Waals surface area contributed by atoms with Crippen molar-refractivity contribution in [2.24, 2.45) is 0 Å². The Morgan fingerprint density at radius 3 is 2.59 bits per heavy atom. The van der Waals surface area contributed by atoms with Crippen LogP contribution in [0.4, 0.5) is 0 Å². The Morgan fingerprint density at radius 1 is 1.29 bits per heavy atom. The molecule has 92 valence electrons. The van der Waals surface area contributed by atoms with E-state index in [2.05, 4.69) is 10.2 Å². The van der Waals surface area contributed by atoms with Crippen molar-refractivity contribution in [1.29, 1.82) is 0 Å². The molecule has 1 aromatic rings. The first-order valence-corrected chi connectivity index (χ1v) is 5.89. The Morgan fingerprint density at radius 2 is 1.94 bits per heavy atom. The largest absolute Gasteiger partial charge is 0.348 e. The average Bonchev–Trinajstić information content (AvgIpc) is 2.33. The van der Waals surface area contributed by atoms with Crippen molar-refractivity contribution in [3.8, 4) is 0 Å². The summed E-state index contributed by atoms with van der Waals surface area (Å²) in [5.41, 5.74) is 2.46. The van der Waals surface area contributed by atoms with Gasteiger partial charge < -0.3 is 4.90 Å². The van der Waals surface area contributed by atoms with E-state index in [-0.39, 0.29) is 17.9 Å². The molecule has 5 heteroatoms. The Balaban J connectivity index is 2.35. The van der Waals surface area contributed by atoms with Crippen LogP contribution in [0.1, 0.15) is 29.7 Å². The number of carbonyl (C=O) groups is 1. The van der Waals surface area contributed by atoms with Gasteiger partial charge in [-0.15, -0.1) is 0 Å². The van der Waals surface area contributed by atoms with E-state index in [0.29, 0.717) is 0 Å². The van der Waals surface area contributed by atoms with Crippen LogP contribution in [0.5, 0.6) is 0 Å². The number of nitrogens with zero attached hydrogens (tertiary/aromatic N) is 2. The van der Waals surface area contributed by atoms with E-state index in [1.807, 2.05) is 0 Å². The summed E-state index contributed by atoms with van der Waals surface area (Å²) in [7, 11) is 3.45. The van der Waals surface area contributed by atoms with Gasteiger partial charge in [0.1, 0.15) is 0 Å². The second-order valence-electron chi connectivity index (χ2n) is 4.63. The highest BCUT2D eigenvalue weighted by molar-refractivity contribution is 5.78. The van der Waals surface area contributed by atoms with Gasteiger partial charge >= 0.3 is 0 Å². The van der Waals surface area contributed by atoms with Crippen LogP contribution < -0.4 is 5.56 Å². The van der Waals surface area contributed by atoms with Gasteiger partial charge in [-0.2, -0.15) is 5.10 Å². The SMILES string of the molecule is CN(C)C(=O)Cc1n[nH]c(=O)c2c1CCCC2. The van der Waals surface area contributed by atoms with Crippen LogP contribution in [0.15, 0.2) is 4.79 Å². The predicted octanol–water partition coefficient (Wildman–Crippen LogP) is 0.279. The zero-order valence-corrected chi connectivity index (χ0v) is 10.2. The minimum Gasteiger partial charge on any atom is -0.348 e. The lowest BCUT2D eigenvalue weighted by Gasteiger charge is -2.18. The number of likely N-dealkylation sites (N-methyl/N-ethyl adjacent to an activating group) is 1. The van der Waals surface area contributed by atoms with E-state index in [4.69, 9.17) is 0 Å². The fourth-order valence-corrected chi connectivity index (χ4v) is 2.18. The van der Waals surface area contributed by atoms with Crippen LogP contribution in [0.25, 0.3) is 0 Å². The summed E-state index contributed by atoms with van der Waals surface area (Å²) in [6.45, 7) is 0. The van der Waals surface area contributed by atoms with Gasteiger partial charge in [0.05, 0.1) is 12.1 Å². The molecule has 1 heterocycles. The maximum absolute atomic E-state index is 11.7. The van der Waals surface area contributed by atoms with Crippen LogP contribution in [0.3, 0.4) is 0 Å². The lowest BCUT2D eigenvalue weighted by molar-refractivity contribution is -0.128. The quantitative estimate of drug-likeness (QED) is 0.800. The maximum atomic E-state index is 11.7. The molecular weight excluding hydrogens is 218 g/mol. The van der Waals surface area contributed by atoms with Gasteiger partial charge in [-0.25, -0.2) is 5.10 Å². The molecule has 17 heavy (non-hydrogen) atoms. The molecule has 2 rings (SSSR count). The molecule has 0 aliphatic heterocycles. The number of hydrogen-bond donors (Lipinski definition) is 1. The minimum absolute atomic E-state index is 0.0114. The molecular formula is C12H17N3O2. The molecule has 1 aliphatic carbocycles. The molecule has 1 amide bonds. The van der Waals surface area contributed by atoms with Gasteiger partial charge in [0.2, 0.25) is 5.91 Å². The monoisotopic (exact) mass is 235 g/mol. The number of hydrogen-bond acceptors (Lipinski definition) is 3. The highest BCUT2D eigenvalue weighted by Crippen LogP contribution is 2.20. The summed E-state index contributed by atoms with van der Waals surface area (Å²) >= 11 is 0. The lowest BCUT2D eigenvalue weighted by atomic mass is 9.91. The molecule has 0 saturated carbocycles. The molecule has 0 aromatic carbocycles. The van der Waals surface area contributed by atoms with Gasteiger partial charge in [-0.05, 0) is 31.2 Å². The molecule has 0 radical (unpaired) electrons. The normalized spacial score (nSPS) is 14.2. The van der Waals surface area contributed by atoms with Crippen molar-refractivity contribution >= 4 is 5.91 Å². The average molecular weight is 235 g/mol. The molecule has 0 saturated heterocycles. The molecule has 0 atom stereocenters. The summed E-state index contributed by atoms with van der Waals surface area (Å²) in [6, 6.07) is 0. The van der Waals surface area contributed by atoms with Crippen molar-refractivity contribution < 1.29 is 4.79 Å². The van der Waals surface area contributed by atoms with Crippen LogP contribution in [0.2, 0.25) is 0 Å². The van der Waals surface area contributed by atoms with E-state index in [9.17, 15) is 9.59 Å². The first-order valence-electron chi connectivity index (χ1n) is 5.89. The molecule has 0 fully saturated rings. The van der Waals surface area contributed by atoms with Crippen molar-refractivity contribution in [2.75, 3.05) is 14.1 Å². The number of carbonyl (C=O) groups excluding carboxylic acids is 1. The standard InChI is InChI=1S/C12H17N3O2/c1-15(2)11(16)7-10-8-5-3-4-6-9(8)12(17)14-13-10/h3-7H2,1-2H3,(H,14,17). The number of fused-ring (bicyclic) bond motifs is 1. The summed E-state index contributed by atoms with van der Waals surface area (Å²) in [5.74, 6) is 0.0114. The van der Waals surface area contributed by atoms with Crippen molar-refractivity contribution in [3.63, 3.8) is 0 Å².